The van der Waals surface area contributed by atoms with Gasteiger partial charge in [-0.2, -0.15) is 0 Å². The maximum atomic E-state index is 12.7. The van der Waals surface area contributed by atoms with Crippen LogP contribution in [0.25, 0.3) is 11.3 Å². The number of amides is 1. The van der Waals surface area contributed by atoms with Crippen molar-refractivity contribution in [2.24, 2.45) is 0 Å². The van der Waals surface area contributed by atoms with E-state index >= 15 is 0 Å². The van der Waals surface area contributed by atoms with Crippen molar-refractivity contribution in [3.05, 3.63) is 69.8 Å². The van der Waals surface area contributed by atoms with E-state index < -0.39 is 0 Å². The maximum absolute atomic E-state index is 12.7. The third-order valence-corrected chi connectivity index (χ3v) is 5.27. The Balaban J connectivity index is 1.68. The number of pyridine rings is 1. The molecule has 0 unspecified atom stereocenters. The zero-order valence-corrected chi connectivity index (χ0v) is 16.2. The van der Waals surface area contributed by atoms with Crippen LogP contribution in [0.4, 0.5) is 0 Å². The maximum Gasteiger partial charge on any atom is 0.227 e. The van der Waals surface area contributed by atoms with Crippen LogP contribution in [0, 0.1) is 13.8 Å². The van der Waals surface area contributed by atoms with Gasteiger partial charge in [0.1, 0.15) is 0 Å². The number of aryl methyl sites for hydroxylation is 2. The first-order chi connectivity index (χ1) is 12.5. The molecule has 0 saturated heterocycles. The van der Waals surface area contributed by atoms with Crippen molar-refractivity contribution in [2.75, 3.05) is 13.6 Å². The van der Waals surface area contributed by atoms with E-state index in [9.17, 15) is 4.79 Å². The standard InChI is InChI=1S/C21H23N3OS/c1-15-7-9-17(10-8-15)21-19(26-16(2)23-21)14-20(25)24(3)13-11-18-6-4-5-12-22-18/h4-10,12H,11,13-14H2,1-3H3. The summed E-state index contributed by atoms with van der Waals surface area (Å²) in [5.41, 5.74) is 4.21. The van der Waals surface area contributed by atoms with Crippen LogP contribution >= 0.6 is 11.3 Å². The highest BCUT2D eigenvalue weighted by atomic mass is 32.1. The molecule has 2 aromatic heterocycles. The number of carbonyl (C=O) groups excluding carboxylic acids is 1. The fraction of sp³-hybridized carbons (Fsp3) is 0.286. The topological polar surface area (TPSA) is 46.1 Å². The molecule has 134 valence electrons. The molecule has 0 atom stereocenters. The molecule has 0 aliphatic carbocycles. The van der Waals surface area contributed by atoms with Gasteiger partial charge in [0.05, 0.1) is 17.1 Å². The Morgan fingerprint density at radius 3 is 2.58 bits per heavy atom. The van der Waals surface area contributed by atoms with Crippen LogP contribution in [0.15, 0.2) is 48.7 Å². The molecule has 1 aromatic carbocycles. The van der Waals surface area contributed by atoms with Gasteiger partial charge in [0.2, 0.25) is 5.91 Å². The summed E-state index contributed by atoms with van der Waals surface area (Å²) < 4.78 is 0. The number of likely N-dealkylation sites (N-methyl/N-ethyl adjacent to an activating group) is 1. The van der Waals surface area contributed by atoms with Crippen molar-refractivity contribution in [3.63, 3.8) is 0 Å². The first-order valence-corrected chi connectivity index (χ1v) is 9.52. The fourth-order valence-corrected chi connectivity index (χ4v) is 3.70. The highest BCUT2D eigenvalue weighted by molar-refractivity contribution is 7.12. The largest absolute Gasteiger partial charge is 0.345 e. The smallest absolute Gasteiger partial charge is 0.227 e. The lowest BCUT2D eigenvalue weighted by Gasteiger charge is -2.16. The molecule has 0 radical (unpaired) electrons. The zero-order chi connectivity index (χ0) is 18.5. The molecule has 4 nitrogen and oxygen atoms in total. The molecule has 26 heavy (non-hydrogen) atoms. The molecule has 0 bridgehead atoms. The van der Waals surface area contributed by atoms with Gasteiger partial charge in [-0.1, -0.05) is 35.9 Å². The zero-order valence-electron chi connectivity index (χ0n) is 15.4. The Morgan fingerprint density at radius 2 is 1.88 bits per heavy atom. The van der Waals surface area contributed by atoms with Crippen molar-refractivity contribution < 1.29 is 4.79 Å². The minimum absolute atomic E-state index is 0.109. The van der Waals surface area contributed by atoms with E-state index in [-0.39, 0.29) is 5.91 Å². The first-order valence-electron chi connectivity index (χ1n) is 8.70. The van der Waals surface area contributed by atoms with Crippen molar-refractivity contribution in [1.82, 2.24) is 14.9 Å². The second kappa shape index (κ2) is 8.23. The average Bonchev–Trinajstić information content (AvgIpc) is 3.01. The lowest BCUT2D eigenvalue weighted by Crippen LogP contribution is -2.30. The van der Waals surface area contributed by atoms with E-state index in [1.807, 2.05) is 32.2 Å². The highest BCUT2D eigenvalue weighted by Crippen LogP contribution is 2.29. The molecule has 0 fully saturated rings. The van der Waals surface area contributed by atoms with E-state index in [1.54, 1.807) is 22.4 Å². The summed E-state index contributed by atoms with van der Waals surface area (Å²) in [5, 5.41) is 0.986. The van der Waals surface area contributed by atoms with Crippen molar-refractivity contribution in [1.29, 1.82) is 0 Å². The molecule has 0 spiro atoms. The highest BCUT2D eigenvalue weighted by Gasteiger charge is 2.17. The third-order valence-electron chi connectivity index (χ3n) is 4.30. The molecule has 0 N–H and O–H groups in total. The second-order valence-electron chi connectivity index (χ2n) is 6.43. The van der Waals surface area contributed by atoms with Crippen molar-refractivity contribution in [3.8, 4) is 11.3 Å². The third kappa shape index (κ3) is 4.55. The molecule has 1 amide bonds. The van der Waals surface area contributed by atoms with E-state index in [1.165, 1.54) is 5.56 Å². The van der Waals surface area contributed by atoms with Crippen molar-refractivity contribution in [2.45, 2.75) is 26.7 Å². The SMILES string of the molecule is Cc1ccc(-c2nc(C)sc2CC(=O)N(C)CCc2ccccn2)cc1. The summed E-state index contributed by atoms with van der Waals surface area (Å²) >= 11 is 1.60. The number of hydrogen-bond donors (Lipinski definition) is 0. The van der Waals surface area contributed by atoms with Gasteiger partial charge in [-0.05, 0) is 26.0 Å². The van der Waals surface area contributed by atoms with Crippen LogP contribution in [0.2, 0.25) is 0 Å². The van der Waals surface area contributed by atoms with Crippen LogP contribution in [0.5, 0.6) is 0 Å². The van der Waals surface area contributed by atoms with Gasteiger partial charge in [0, 0.05) is 42.3 Å². The summed E-state index contributed by atoms with van der Waals surface area (Å²) in [6.45, 7) is 4.71. The average molecular weight is 366 g/mol. The van der Waals surface area contributed by atoms with Crippen molar-refractivity contribution >= 4 is 17.2 Å². The molecular weight excluding hydrogens is 342 g/mol. The number of rotatable bonds is 6. The van der Waals surface area contributed by atoms with Gasteiger partial charge in [-0.25, -0.2) is 4.98 Å². The Morgan fingerprint density at radius 1 is 1.12 bits per heavy atom. The molecule has 3 rings (SSSR count). The number of carbonyl (C=O) groups is 1. The van der Waals surface area contributed by atoms with E-state index in [0.29, 0.717) is 13.0 Å². The van der Waals surface area contributed by atoms with Gasteiger partial charge in [0.15, 0.2) is 0 Å². The summed E-state index contributed by atoms with van der Waals surface area (Å²) in [5.74, 6) is 0.109. The van der Waals surface area contributed by atoms with Gasteiger partial charge < -0.3 is 4.90 Å². The van der Waals surface area contributed by atoms with Crippen LogP contribution in [-0.4, -0.2) is 34.4 Å². The predicted molar refractivity (Wildman–Crippen MR) is 106 cm³/mol. The number of benzene rings is 1. The van der Waals surface area contributed by atoms with Gasteiger partial charge in [-0.3, -0.25) is 9.78 Å². The predicted octanol–water partition coefficient (Wildman–Crippen LogP) is 4.07. The first kappa shape index (κ1) is 18.3. The minimum Gasteiger partial charge on any atom is -0.345 e. The molecule has 0 saturated carbocycles. The molecular formula is C21H23N3OS. The molecule has 5 heteroatoms. The number of aromatic nitrogens is 2. The second-order valence-corrected chi connectivity index (χ2v) is 7.72. The lowest BCUT2D eigenvalue weighted by molar-refractivity contribution is -0.129. The Labute approximate surface area is 158 Å². The fourth-order valence-electron chi connectivity index (χ4n) is 2.75. The van der Waals surface area contributed by atoms with Crippen LogP contribution in [0.1, 0.15) is 21.1 Å². The van der Waals surface area contributed by atoms with E-state index in [2.05, 4.69) is 41.2 Å². The monoisotopic (exact) mass is 365 g/mol. The normalized spacial score (nSPS) is 10.7. The van der Waals surface area contributed by atoms with Gasteiger partial charge in [0.25, 0.3) is 0 Å². The number of hydrogen-bond acceptors (Lipinski definition) is 4. The number of thiazole rings is 1. The van der Waals surface area contributed by atoms with Crippen LogP contribution in [0.3, 0.4) is 0 Å². The Bertz CT molecular complexity index is 872. The molecule has 0 aliphatic rings. The Hall–Kier alpha value is -2.53. The summed E-state index contributed by atoms with van der Waals surface area (Å²) in [6.07, 6.45) is 2.92. The van der Waals surface area contributed by atoms with Gasteiger partial charge in [-0.15, -0.1) is 11.3 Å². The van der Waals surface area contributed by atoms with Crippen LogP contribution < -0.4 is 0 Å². The van der Waals surface area contributed by atoms with E-state index in [0.717, 1.165) is 33.3 Å². The van der Waals surface area contributed by atoms with Gasteiger partial charge >= 0.3 is 0 Å². The summed E-state index contributed by atoms with van der Waals surface area (Å²) in [6, 6.07) is 14.2. The summed E-state index contributed by atoms with van der Waals surface area (Å²) in [4.78, 5) is 24.4. The molecule has 0 aliphatic heterocycles. The summed E-state index contributed by atoms with van der Waals surface area (Å²) in [7, 11) is 1.85. The quantitative estimate of drug-likeness (QED) is 0.662. The number of nitrogens with zero attached hydrogens (tertiary/aromatic N) is 3. The molecule has 2 heterocycles. The van der Waals surface area contributed by atoms with E-state index in [4.69, 9.17) is 0 Å². The molecule has 3 aromatic rings. The minimum atomic E-state index is 0.109. The Kier molecular flexibility index (Phi) is 5.78. The lowest BCUT2D eigenvalue weighted by atomic mass is 10.1. The van der Waals surface area contributed by atoms with Crippen LogP contribution in [-0.2, 0) is 17.6 Å².